The molecule has 1 saturated heterocycles. The van der Waals surface area contributed by atoms with Gasteiger partial charge in [-0.2, -0.15) is 11.8 Å². The number of thioether (sulfide) groups is 1. The molecule has 1 aliphatic heterocycles. The van der Waals surface area contributed by atoms with Gasteiger partial charge in [0.2, 0.25) is 0 Å². The standard InChI is InChI=1S/C9H13NO2S/c1-2-5-10-8(11)9(12)3-6-13-7-4-9/h1,12H,3-7H2,(H,10,11). The average molecular weight is 199 g/mol. The topological polar surface area (TPSA) is 49.3 Å². The Morgan fingerprint density at radius 3 is 2.77 bits per heavy atom. The van der Waals surface area contributed by atoms with Crippen LogP contribution in [0, 0.1) is 12.3 Å². The Balaban J connectivity index is 2.47. The highest BCUT2D eigenvalue weighted by Gasteiger charge is 2.36. The van der Waals surface area contributed by atoms with Gasteiger partial charge < -0.3 is 10.4 Å². The minimum absolute atomic E-state index is 0.189. The van der Waals surface area contributed by atoms with Crippen molar-refractivity contribution in [2.45, 2.75) is 18.4 Å². The highest BCUT2D eigenvalue weighted by atomic mass is 32.2. The lowest BCUT2D eigenvalue weighted by atomic mass is 9.96. The molecule has 0 bridgehead atoms. The summed E-state index contributed by atoms with van der Waals surface area (Å²) in [6, 6.07) is 0. The van der Waals surface area contributed by atoms with Crippen LogP contribution in [0.2, 0.25) is 0 Å². The van der Waals surface area contributed by atoms with E-state index in [1.54, 1.807) is 11.8 Å². The van der Waals surface area contributed by atoms with E-state index in [9.17, 15) is 9.90 Å². The van der Waals surface area contributed by atoms with Crippen molar-refractivity contribution in [2.75, 3.05) is 18.1 Å². The van der Waals surface area contributed by atoms with E-state index in [0.717, 1.165) is 11.5 Å². The smallest absolute Gasteiger partial charge is 0.252 e. The predicted molar refractivity (Wildman–Crippen MR) is 53.4 cm³/mol. The van der Waals surface area contributed by atoms with Gasteiger partial charge >= 0.3 is 0 Å². The molecule has 0 aromatic carbocycles. The molecule has 0 aliphatic carbocycles. The van der Waals surface area contributed by atoms with E-state index in [1.165, 1.54) is 0 Å². The summed E-state index contributed by atoms with van der Waals surface area (Å²) in [6.07, 6.45) is 6.04. The van der Waals surface area contributed by atoms with Gasteiger partial charge in [-0.1, -0.05) is 5.92 Å². The lowest BCUT2D eigenvalue weighted by Crippen LogP contribution is -2.49. The molecule has 0 unspecified atom stereocenters. The number of hydrogen-bond acceptors (Lipinski definition) is 3. The molecule has 0 saturated carbocycles. The van der Waals surface area contributed by atoms with E-state index in [4.69, 9.17) is 6.42 Å². The van der Waals surface area contributed by atoms with E-state index in [0.29, 0.717) is 12.8 Å². The second-order valence-corrected chi connectivity index (χ2v) is 4.26. The Bertz CT molecular complexity index is 228. The minimum atomic E-state index is -1.18. The normalized spacial score (nSPS) is 20.3. The molecule has 1 fully saturated rings. The molecule has 1 rings (SSSR count). The molecule has 0 aromatic heterocycles. The van der Waals surface area contributed by atoms with Crippen LogP contribution in [0.4, 0.5) is 0 Å². The van der Waals surface area contributed by atoms with Crippen LogP contribution in [0.15, 0.2) is 0 Å². The summed E-state index contributed by atoms with van der Waals surface area (Å²) < 4.78 is 0. The fourth-order valence-corrected chi connectivity index (χ4v) is 2.40. The Kier molecular flexibility index (Phi) is 3.64. The summed E-state index contributed by atoms with van der Waals surface area (Å²) in [5.41, 5.74) is -1.18. The first kappa shape index (κ1) is 10.4. The molecule has 1 aliphatic rings. The highest BCUT2D eigenvalue weighted by Crippen LogP contribution is 2.26. The number of carbonyl (C=O) groups excluding carboxylic acids is 1. The van der Waals surface area contributed by atoms with Crippen LogP contribution in [-0.4, -0.2) is 34.7 Å². The van der Waals surface area contributed by atoms with Crippen LogP contribution in [0.25, 0.3) is 0 Å². The predicted octanol–water partition coefficient (Wildman–Crippen LogP) is -0.00610. The number of carbonyl (C=O) groups is 1. The zero-order chi connectivity index (χ0) is 9.73. The van der Waals surface area contributed by atoms with Gasteiger partial charge in [0.15, 0.2) is 0 Å². The fraction of sp³-hybridized carbons (Fsp3) is 0.667. The third-order valence-corrected chi connectivity index (χ3v) is 3.08. The third kappa shape index (κ3) is 2.64. The van der Waals surface area contributed by atoms with E-state index in [1.807, 2.05) is 0 Å². The first-order valence-electron chi connectivity index (χ1n) is 4.21. The maximum atomic E-state index is 11.4. The van der Waals surface area contributed by atoms with Crippen LogP contribution in [0.1, 0.15) is 12.8 Å². The second-order valence-electron chi connectivity index (χ2n) is 3.03. The number of nitrogens with one attached hydrogen (secondary N) is 1. The molecular weight excluding hydrogens is 186 g/mol. The third-order valence-electron chi connectivity index (χ3n) is 2.09. The van der Waals surface area contributed by atoms with Crippen molar-refractivity contribution < 1.29 is 9.90 Å². The lowest BCUT2D eigenvalue weighted by molar-refractivity contribution is -0.140. The largest absolute Gasteiger partial charge is 0.380 e. The summed E-state index contributed by atoms with van der Waals surface area (Å²) in [5.74, 6) is 3.65. The number of aliphatic hydroxyl groups is 1. The second kappa shape index (κ2) is 4.54. The van der Waals surface area contributed by atoms with Crippen molar-refractivity contribution in [2.24, 2.45) is 0 Å². The van der Waals surface area contributed by atoms with Crippen molar-refractivity contribution in [3.05, 3.63) is 0 Å². The maximum Gasteiger partial charge on any atom is 0.252 e. The molecule has 13 heavy (non-hydrogen) atoms. The van der Waals surface area contributed by atoms with Gasteiger partial charge in [0.1, 0.15) is 5.60 Å². The van der Waals surface area contributed by atoms with Crippen molar-refractivity contribution in [1.82, 2.24) is 5.32 Å². The molecule has 4 heteroatoms. The van der Waals surface area contributed by atoms with Crippen molar-refractivity contribution in [1.29, 1.82) is 0 Å². The van der Waals surface area contributed by atoms with Gasteiger partial charge in [0.25, 0.3) is 5.91 Å². The summed E-state index contributed by atoms with van der Waals surface area (Å²) in [5, 5.41) is 12.4. The number of hydrogen-bond donors (Lipinski definition) is 2. The quantitative estimate of drug-likeness (QED) is 0.615. The molecule has 0 radical (unpaired) electrons. The average Bonchev–Trinajstić information content (AvgIpc) is 2.15. The van der Waals surface area contributed by atoms with E-state index in [-0.39, 0.29) is 12.5 Å². The first-order valence-corrected chi connectivity index (χ1v) is 5.36. The molecular formula is C9H13NO2S. The zero-order valence-corrected chi connectivity index (χ0v) is 8.19. The van der Waals surface area contributed by atoms with Crippen LogP contribution < -0.4 is 5.32 Å². The highest BCUT2D eigenvalue weighted by molar-refractivity contribution is 7.99. The molecule has 0 aromatic rings. The first-order chi connectivity index (χ1) is 6.19. The Labute approximate surface area is 82.3 Å². The molecule has 2 N–H and O–H groups in total. The Morgan fingerprint density at radius 2 is 2.23 bits per heavy atom. The monoisotopic (exact) mass is 199 g/mol. The van der Waals surface area contributed by atoms with Gasteiger partial charge in [-0.3, -0.25) is 4.79 Å². The molecule has 1 amide bonds. The van der Waals surface area contributed by atoms with Gasteiger partial charge in [0.05, 0.1) is 6.54 Å². The molecule has 0 atom stereocenters. The van der Waals surface area contributed by atoms with Gasteiger partial charge in [-0.25, -0.2) is 0 Å². The van der Waals surface area contributed by atoms with Crippen molar-refractivity contribution in [3.63, 3.8) is 0 Å². The number of rotatable bonds is 2. The Morgan fingerprint density at radius 1 is 1.62 bits per heavy atom. The number of terminal acetylenes is 1. The van der Waals surface area contributed by atoms with Crippen LogP contribution in [0.5, 0.6) is 0 Å². The van der Waals surface area contributed by atoms with Gasteiger partial charge in [-0.15, -0.1) is 6.42 Å². The SMILES string of the molecule is C#CCNC(=O)C1(O)CCSCC1. The molecule has 1 heterocycles. The molecule has 3 nitrogen and oxygen atoms in total. The van der Waals surface area contributed by atoms with Crippen LogP contribution >= 0.6 is 11.8 Å². The van der Waals surface area contributed by atoms with Gasteiger partial charge in [0, 0.05) is 0 Å². The molecule has 72 valence electrons. The summed E-state index contributed by atoms with van der Waals surface area (Å²) >= 11 is 1.76. The van der Waals surface area contributed by atoms with Crippen LogP contribution in [-0.2, 0) is 4.79 Å². The number of amides is 1. The minimum Gasteiger partial charge on any atom is -0.380 e. The summed E-state index contributed by atoms with van der Waals surface area (Å²) in [6.45, 7) is 0.189. The van der Waals surface area contributed by atoms with Crippen LogP contribution in [0.3, 0.4) is 0 Å². The Hall–Kier alpha value is -0.660. The van der Waals surface area contributed by atoms with Gasteiger partial charge in [-0.05, 0) is 24.3 Å². The van der Waals surface area contributed by atoms with Crippen molar-refractivity contribution in [3.8, 4) is 12.3 Å². The van der Waals surface area contributed by atoms with Crippen molar-refractivity contribution >= 4 is 17.7 Å². The fourth-order valence-electron chi connectivity index (χ4n) is 1.23. The lowest BCUT2D eigenvalue weighted by Gasteiger charge is -2.29. The van der Waals surface area contributed by atoms with E-state index in [2.05, 4.69) is 11.2 Å². The zero-order valence-electron chi connectivity index (χ0n) is 7.38. The molecule has 0 spiro atoms. The van der Waals surface area contributed by atoms with E-state index < -0.39 is 5.60 Å². The maximum absolute atomic E-state index is 11.4. The summed E-state index contributed by atoms with van der Waals surface area (Å²) in [7, 11) is 0. The summed E-state index contributed by atoms with van der Waals surface area (Å²) in [4.78, 5) is 11.4. The van der Waals surface area contributed by atoms with E-state index >= 15 is 0 Å².